The first-order valence-electron chi connectivity index (χ1n) is 9.63. The lowest BCUT2D eigenvalue weighted by Gasteiger charge is -2.28. The Hall–Kier alpha value is -1.30. The summed E-state index contributed by atoms with van der Waals surface area (Å²) in [7, 11) is 0. The van der Waals surface area contributed by atoms with Crippen molar-refractivity contribution in [3.63, 3.8) is 0 Å². The molecule has 3 unspecified atom stereocenters. The monoisotopic (exact) mass is 380 g/mol. The van der Waals surface area contributed by atoms with Crippen molar-refractivity contribution in [1.29, 1.82) is 0 Å². The Morgan fingerprint density at radius 1 is 1.15 bits per heavy atom. The number of hydrogen-bond donors (Lipinski definition) is 3. The molecule has 1 spiro atoms. The van der Waals surface area contributed by atoms with Gasteiger partial charge >= 0.3 is 0 Å². The number of hydrogen-bond acceptors (Lipinski definition) is 4. The molecular weight excluding hydrogens is 352 g/mol. The number of halogens is 1. The summed E-state index contributed by atoms with van der Waals surface area (Å²) >= 11 is 0. The number of carbonyl (C=O) groups excluding carboxylic acids is 1. The SMILES string of the molecule is Cl.O=C(Nc1ccc(OC2CCCCC2O)cc1)C1CC12CCNCC2. The first kappa shape index (κ1) is 19.5. The fourth-order valence-electron chi connectivity index (χ4n) is 4.43. The molecule has 0 radical (unpaired) electrons. The molecule has 26 heavy (non-hydrogen) atoms. The van der Waals surface area contributed by atoms with Crippen molar-refractivity contribution < 1.29 is 14.6 Å². The Morgan fingerprint density at radius 2 is 1.85 bits per heavy atom. The molecule has 3 aliphatic rings. The van der Waals surface area contributed by atoms with E-state index in [-0.39, 0.29) is 41.9 Å². The van der Waals surface area contributed by atoms with Crippen LogP contribution in [0.4, 0.5) is 5.69 Å². The number of piperidine rings is 1. The molecule has 1 amide bonds. The zero-order valence-electron chi connectivity index (χ0n) is 15.1. The molecule has 0 aromatic heterocycles. The highest BCUT2D eigenvalue weighted by molar-refractivity contribution is 5.95. The predicted molar refractivity (Wildman–Crippen MR) is 104 cm³/mol. The van der Waals surface area contributed by atoms with Gasteiger partial charge < -0.3 is 20.5 Å². The van der Waals surface area contributed by atoms with Crippen LogP contribution in [-0.4, -0.2) is 36.3 Å². The molecule has 3 N–H and O–H groups in total. The van der Waals surface area contributed by atoms with E-state index >= 15 is 0 Å². The van der Waals surface area contributed by atoms with Crippen LogP contribution in [-0.2, 0) is 4.79 Å². The summed E-state index contributed by atoms with van der Waals surface area (Å²) in [6, 6.07) is 7.54. The van der Waals surface area contributed by atoms with E-state index in [4.69, 9.17) is 4.74 Å². The van der Waals surface area contributed by atoms with E-state index in [1.165, 1.54) is 0 Å². The second-order valence-corrected chi connectivity index (χ2v) is 7.89. The molecule has 1 aliphatic heterocycles. The number of rotatable bonds is 4. The smallest absolute Gasteiger partial charge is 0.228 e. The quantitative estimate of drug-likeness (QED) is 0.750. The lowest BCUT2D eigenvalue weighted by atomic mass is 9.92. The number of ether oxygens (including phenoxy) is 1. The summed E-state index contributed by atoms with van der Waals surface area (Å²) < 4.78 is 5.91. The van der Waals surface area contributed by atoms with Crippen molar-refractivity contribution in [1.82, 2.24) is 5.32 Å². The second kappa shape index (κ2) is 8.15. The third kappa shape index (κ3) is 4.16. The average molecular weight is 381 g/mol. The molecule has 4 rings (SSSR count). The zero-order chi connectivity index (χ0) is 17.3. The highest BCUT2D eigenvalue weighted by Crippen LogP contribution is 2.58. The second-order valence-electron chi connectivity index (χ2n) is 7.89. The number of anilines is 1. The Balaban J connectivity index is 0.00000196. The van der Waals surface area contributed by atoms with E-state index < -0.39 is 0 Å². The van der Waals surface area contributed by atoms with Gasteiger partial charge in [-0.25, -0.2) is 0 Å². The van der Waals surface area contributed by atoms with E-state index in [9.17, 15) is 9.90 Å². The first-order chi connectivity index (χ1) is 12.2. The van der Waals surface area contributed by atoms with Crippen LogP contribution in [0.2, 0.25) is 0 Å². The summed E-state index contributed by atoms with van der Waals surface area (Å²) in [5.41, 5.74) is 1.08. The maximum atomic E-state index is 12.5. The van der Waals surface area contributed by atoms with Gasteiger partial charge in [0.05, 0.1) is 6.10 Å². The molecule has 6 heteroatoms. The molecule has 144 valence electrons. The number of aliphatic hydroxyl groups excluding tert-OH is 1. The standard InChI is InChI=1S/C20H28N2O3.ClH/c23-17-3-1-2-4-18(17)25-15-7-5-14(6-8-15)22-19(24)16-13-20(16)9-11-21-12-10-20;/h5-8,16-18,21,23H,1-4,9-13H2,(H,22,24);1H. The Morgan fingerprint density at radius 3 is 2.54 bits per heavy atom. The Labute approximate surface area is 161 Å². The van der Waals surface area contributed by atoms with Gasteiger partial charge in [0.25, 0.3) is 0 Å². The summed E-state index contributed by atoms with van der Waals surface area (Å²) in [5, 5.41) is 16.4. The van der Waals surface area contributed by atoms with E-state index in [1.807, 2.05) is 24.3 Å². The molecule has 2 saturated carbocycles. The molecule has 1 saturated heterocycles. The van der Waals surface area contributed by atoms with Crippen LogP contribution in [0.15, 0.2) is 24.3 Å². The van der Waals surface area contributed by atoms with E-state index in [1.54, 1.807) is 0 Å². The van der Waals surface area contributed by atoms with Gasteiger partial charge in [0.15, 0.2) is 0 Å². The first-order valence-corrected chi connectivity index (χ1v) is 9.63. The Kier molecular flexibility index (Phi) is 6.10. The highest BCUT2D eigenvalue weighted by atomic mass is 35.5. The van der Waals surface area contributed by atoms with Crippen LogP contribution in [0, 0.1) is 11.3 Å². The van der Waals surface area contributed by atoms with Crippen LogP contribution >= 0.6 is 12.4 Å². The van der Waals surface area contributed by atoms with Crippen molar-refractivity contribution in [2.75, 3.05) is 18.4 Å². The predicted octanol–water partition coefficient (Wildman–Crippen LogP) is 3.12. The van der Waals surface area contributed by atoms with Gasteiger partial charge in [-0.3, -0.25) is 4.79 Å². The van der Waals surface area contributed by atoms with Crippen molar-refractivity contribution in [3.05, 3.63) is 24.3 Å². The Bertz CT molecular complexity index is 616. The van der Waals surface area contributed by atoms with Crippen LogP contribution in [0.3, 0.4) is 0 Å². The molecule has 3 atom stereocenters. The third-order valence-electron chi connectivity index (χ3n) is 6.18. The van der Waals surface area contributed by atoms with Gasteiger partial charge in [-0.1, -0.05) is 6.42 Å². The van der Waals surface area contributed by atoms with E-state index in [2.05, 4.69) is 10.6 Å². The van der Waals surface area contributed by atoms with Crippen molar-refractivity contribution in [2.24, 2.45) is 11.3 Å². The summed E-state index contributed by atoms with van der Waals surface area (Å²) in [4.78, 5) is 12.5. The third-order valence-corrected chi connectivity index (χ3v) is 6.18. The maximum absolute atomic E-state index is 12.5. The molecular formula is C20H29ClN2O3. The van der Waals surface area contributed by atoms with Gasteiger partial charge in [0.2, 0.25) is 5.91 Å². The van der Waals surface area contributed by atoms with Crippen molar-refractivity contribution >= 4 is 24.0 Å². The normalized spacial score (nSPS) is 29.5. The lowest BCUT2D eigenvalue weighted by molar-refractivity contribution is -0.118. The van der Waals surface area contributed by atoms with Crippen LogP contribution in [0.5, 0.6) is 5.75 Å². The van der Waals surface area contributed by atoms with Crippen LogP contribution < -0.4 is 15.4 Å². The topological polar surface area (TPSA) is 70.6 Å². The fourth-order valence-corrected chi connectivity index (χ4v) is 4.43. The van der Waals surface area contributed by atoms with Gasteiger partial charge in [-0.15, -0.1) is 12.4 Å². The van der Waals surface area contributed by atoms with Crippen LogP contribution in [0.25, 0.3) is 0 Å². The largest absolute Gasteiger partial charge is 0.488 e. The number of carbonyl (C=O) groups is 1. The lowest BCUT2D eigenvalue weighted by Crippen LogP contribution is -2.34. The number of aliphatic hydroxyl groups is 1. The molecule has 1 aromatic rings. The molecule has 3 fully saturated rings. The molecule has 1 aromatic carbocycles. The van der Waals surface area contributed by atoms with Gasteiger partial charge in [0.1, 0.15) is 11.9 Å². The van der Waals surface area contributed by atoms with Crippen molar-refractivity contribution in [2.45, 2.75) is 57.2 Å². The van der Waals surface area contributed by atoms with Crippen LogP contribution in [0.1, 0.15) is 44.9 Å². The molecule has 0 bridgehead atoms. The number of amides is 1. The summed E-state index contributed by atoms with van der Waals surface area (Å²) in [6.45, 7) is 2.06. The minimum atomic E-state index is -0.371. The average Bonchev–Trinajstić information content (AvgIpc) is 3.32. The van der Waals surface area contributed by atoms with E-state index in [0.29, 0.717) is 0 Å². The minimum Gasteiger partial charge on any atom is -0.488 e. The summed E-state index contributed by atoms with van der Waals surface area (Å²) in [6.07, 6.45) is 6.67. The molecule has 5 nitrogen and oxygen atoms in total. The zero-order valence-corrected chi connectivity index (χ0v) is 15.9. The maximum Gasteiger partial charge on any atom is 0.228 e. The van der Waals surface area contributed by atoms with E-state index in [0.717, 1.165) is 69.5 Å². The molecule has 1 heterocycles. The molecule has 2 aliphatic carbocycles. The van der Waals surface area contributed by atoms with Gasteiger partial charge in [-0.2, -0.15) is 0 Å². The van der Waals surface area contributed by atoms with Gasteiger partial charge in [0, 0.05) is 11.6 Å². The van der Waals surface area contributed by atoms with Gasteiger partial charge in [-0.05, 0) is 81.3 Å². The fraction of sp³-hybridized carbons (Fsp3) is 0.650. The summed E-state index contributed by atoms with van der Waals surface area (Å²) in [5.74, 6) is 1.08. The number of benzene rings is 1. The van der Waals surface area contributed by atoms with Crippen molar-refractivity contribution in [3.8, 4) is 5.75 Å². The minimum absolute atomic E-state index is 0. The number of nitrogens with one attached hydrogen (secondary N) is 2. The highest BCUT2D eigenvalue weighted by Gasteiger charge is 2.57.